The minimum atomic E-state index is 0.141. The number of hydrazone groups is 1. The number of nitrogens with one attached hydrogen (secondary N) is 3. The van der Waals surface area contributed by atoms with Crippen LogP contribution in [-0.2, 0) is 0 Å². The molecule has 0 atom stereocenters. The van der Waals surface area contributed by atoms with E-state index in [1.165, 1.54) is 6.21 Å². The van der Waals surface area contributed by atoms with Gasteiger partial charge >= 0.3 is 0 Å². The highest BCUT2D eigenvalue weighted by molar-refractivity contribution is 9.10. The van der Waals surface area contributed by atoms with Crippen LogP contribution in [-0.4, -0.2) is 26.6 Å². The van der Waals surface area contributed by atoms with Gasteiger partial charge in [-0.05, 0) is 48.6 Å². The van der Waals surface area contributed by atoms with E-state index in [0.29, 0.717) is 10.7 Å². The summed E-state index contributed by atoms with van der Waals surface area (Å²) in [5.41, 5.74) is 5.02. The van der Waals surface area contributed by atoms with Gasteiger partial charge < -0.3 is 10.4 Å². The fraction of sp³-hybridized carbons (Fsp3) is 0. The minimum Gasteiger partial charge on any atom is -0.507 e. The number of phenols is 1. The van der Waals surface area contributed by atoms with Crippen molar-refractivity contribution in [3.63, 3.8) is 0 Å². The topological polar surface area (TPSA) is 85.3 Å². The predicted molar refractivity (Wildman–Crippen MR) is 98.9 cm³/mol. The van der Waals surface area contributed by atoms with Crippen LogP contribution in [0.1, 0.15) is 5.56 Å². The van der Waals surface area contributed by atoms with E-state index in [2.05, 4.69) is 42.0 Å². The molecule has 0 aliphatic heterocycles. The number of hydrogen-bond donors (Lipinski definition) is 4. The van der Waals surface area contributed by atoms with Crippen LogP contribution in [0, 0.1) is 0 Å². The summed E-state index contributed by atoms with van der Waals surface area (Å²) in [5.74, 6) is 0.141. The van der Waals surface area contributed by atoms with Crippen molar-refractivity contribution in [1.29, 1.82) is 0 Å². The summed E-state index contributed by atoms with van der Waals surface area (Å²) in [6.45, 7) is 0. The molecule has 1 heterocycles. The molecule has 0 saturated heterocycles. The Morgan fingerprint density at radius 3 is 3.04 bits per heavy atom. The first kappa shape index (κ1) is 15.4. The molecule has 4 N–H and O–H groups in total. The standard InChI is InChI=1S/C15H12BrN5OS/c16-11-2-4-14(22)10(5-11)8-18-21-15(23)19-12-3-1-9-7-17-20-13(9)6-12/h1-8,22H,(H,17,20)(H2,19,21,23). The van der Waals surface area contributed by atoms with Crippen LogP contribution in [0.25, 0.3) is 10.9 Å². The van der Waals surface area contributed by atoms with Gasteiger partial charge in [-0.3, -0.25) is 10.5 Å². The van der Waals surface area contributed by atoms with E-state index in [4.69, 9.17) is 12.2 Å². The molecule has 0 aliphatic carbocycles. The molecular formula is C15H12BrN5OS. The van der Waals surface area contributed by atoms with Gasteiger partial charge in [-0.2, -0.15) is 10.2 Å². The average molecular weight is 390 g/mol. The Balaban J connectivity index is 1.62. The Morgan fingerprint density at radius 2 is 2.17 bits per heavy atom. The van der Waals surface area contributed by atoms with Crippen molar-refractivity contribution in [3.05, 3.63) is 52.6 Å². The first-order chi connectivity index (χ1) is 11.1. The lowest BCUT2D eigenvalue weighted by Gasteiger charge is -2.07. The third kappa shape index (κ3) is 3.85. The number of hydrogen-bond acceptors (Lipinski definition) is 4. The summed E-state index contributed by atoms with van der Waals surface area (Å²) < 4.78 is 0.852. The Labute approximate surface area is 145 Å². The molecule has 0 amide bonds. The van der Waals surface area contributed by atoms with E-state index in [1.54, 1.807) is 24.4 Å². The van der Waals surface area contributed by atoms with Gasteiger partial charge in [0.05, 0.1) is 17.9 Å². The van der Waals surface area contributed by atoms with Crippen molar-refractivity contribution in [2.24, 2.45) is 5.10 Å². The molecule has 0 bridgehead atoms. The van der Waals surface area contributed by atoms with Gasteiger partial charge in [-0.15, -0.1) is 0 Å². The number of phenolic OH excluding ortho intramolecular Hbond substituents is 1. The normalized spacial score (nSPS) is 11.0. The van der Waals surface area contributed by atoms with Crippen molar-refractivity contribution in [2.75, 3.05) is 5.32 Å². The number of nitrogens with zero attached hydrogens (tertiary/aromatic N) is 2. The summed E-state index contributed by atoms with van der Waals surface area (Å²) in [7, 11) is 0. The zero-order chi connectivity index (χ0) is 16.2. The molecule has 0 fully saturated rings. The number of thiocarbonyl (C=S) groups is 1. The quantitative estimate of drug-likeness (QED) is 0.313. The van der Waals surface area contributed by atoms with Crippen LogP contribution in [0.4, 0.5) is 5.69 Å². The van der Waals surface area contributed by atoms with Gasteiger partial charge in [0.25, 0.3) is 0 Å². The maximum absolute atomic E-state index is 9.72. The van der Waals surface area contributed by atoms with Crippen molar-refractivity contribution in [2.45, 2.75) is 0 Å². The van der Waals surface area contributed by atoms with Crippen molar-refractivity contribution >= 4 is 56.1 Å². The molecule has 0 spiro atoms. The van der Waals surface area contributed by atoms with Gasteiger partial charge in [0, 0.05) is 21.1 Å². The molecule has 6 nitrogen and oxygen atoms in total. The molecule has 8 heteroatoms. The number of H-pyrrole nitrogens is 1. The van der Waals surface area contributed by atoms with Gasteiger partial charge in [0.15, 0.2) is 5.11 Å². The first-order valence-corrected chi connectivity index (χ1v) is 7.83. The zero-order valence-electron chi connectivity index (χ0n) is 11.7. The summed E-state index contributed by atoms with van der Waals surface area (Å²) >= 11 is 8.52. The van der Waals surface area contributed by atoms with E-state index in [-0.39, 0.29) is 5.75 Å². The number of fused-ring (bicyclic) bond motifs is 1. The van der Waals surface area contributed by atoms with E-state index >= 15 is 0 Å². The van der Waals surface area contributed by atoms with Crippen molar-refractivity contribution in [1.82, 2.24) is 15.6 Å². The van der Waals surface area contributed by atoms with E-state index in [9.17, 15) is 5.11 Å². The molecule has 1 aromatic heterocycles. The van der Waals surface area contributed by atoms with Crippen LogP contribution < -0.4 is 10.7 Å². The molecule has 2 aromatic carbocycles. The molecule has 0 radical (unpaired) electrons. The molecule has 0 unspecified atom stereocenters. The Bertz CT molecular complexity index is 892. The minimum absolute atomic E-state index is 0.141. The number of aromatic nitrogens is 2. The van der Waals surface area contributed by atoms with Crippen LogP contribution in [0.5, 0.6) is 5.75 Å². The predicted octanol–water partition coefficient (Wildman–Crippen LogP) is 3.35. The van der Waals surface area contributed by atoms with E-state index < -0.39 is 0 Å². The second kappa shape index (κ2) is 6.76. The number of aromatic amines is 1. The fourth-order valence-electron chi connectivity index (χ4n) is 1.96. The van der Waals surface area contributed by atoms with Crippen LogP contribution in [0.15, 0.2) is 52.2 Å². The summed E-state index contributed by atoms with van der Waals surface area (Å²) in [6.07, 6.45) is 3.25. The van der Waals surface area contributed by atoms with E-state index in [0.717, 1.165) is 21.1 Å². The van der Waals surface area contributed by atoms with E-state index in [1.807, 2.05) is 18.2 Å². The molecule has 3 rings (SSSR count). The SMILES string of the molecule is Oc1ccc(Br)cc1C=NNC(=S)Nc1ccc2cn[nH]c2c1. The molecule has 3 aromatic rings. The first-order valence-electron chi connectivity index (χ1n) is 6.63. The smallest absolute Gasteiger partial charge is 0.191 e. The average Bonchev–Trinajstić information content (AvgIpc) is 2.98. The van der Waals surface area contributed by atoms with Crippen molar-refractivity contribution in [3.8, 4) is 5.75 Å². The highest BCUT2D eigenvalue weighted by Gasteiger charge is 2.01. The summed E-state index contributed by atoms with van der Waals surface area (Å²) in [4.78, 5) is 0. The Kier molecular flexibility index (Phi) is 4.54. The number of rotatable bonds is 3. The monoisotopic (exact) mass is 389 g/mol. The second-order valence-corrected chi connectivity index (χ2v) is 6.02. The third-order valence-electron chi connectivity index (χ3n) is 3.06. The Hall–Kier alpha value is -2.45. The molecule has 0 saturated carbocycles. The zero-order valence-corrected chi connectivity index (χ0v) is 14.1. The molecule has 23 heavy (non-hydrogen) atoms. The molecule has 116 valence electrons. The summed E-state index contributed by atoms with van der Waals surface area (Å²) in [6, 6.07) is 10.8. The van der Waals surface area contributed by atoms with Gasteiger partial charge in [0.2, 0.25) is 0 Å². The molecular weight excluding hydrogens is 378 g/mol. The van der Waals surface area contributed by atoms with Crippen LogP contribution in [0.3, 0.4) is 0 Å². The third-order valence-corrected chi connectivity index (χ3v) is 3.75. The number of benzene rings is 2. The summed E-state index contributed by atoms with van der Waals surface area (Å²) in [5, 5.41) is 25.0. The maximum atomic E-state index is 9.72. The van der Waals surface area contributed by atoms with Gasteiger partial charge in [-0.25, -0.2) is 0 Å². The highest BCUT2D eigenvalue weighted by Crippen LogP contribution is 2.20. The fourth-order valence-corrected chi connectivity index (χ4v) is 2.51. The second-order valence-electron chi connectivity index (χ2n) is 4.70. The van der Waals surface area contributed by atoms with Gasteiger partial charge in [0.1, 0.15) is 5.75 Å². The molecule has 0 aliphatic rings. The maximum Gasteiger partial charge on any atom is 0.191 e. The van der Waals surface area contributed by atoms with Crippen molar-refractivity contribution < 1.29 is 5.11 Å². The highest BCUT2D eigenvalue weighted by atomic mass is 79.9. The number of anilines is 1. The lowest BCUT2D eigenvalue weighted by Crippen LogP contribution is -2.23. The van der Waals surface area contributed by atoms with Crippen LogP contribution in [0.2, 0.25) is 0 Å². The lowest BCUT2D eigenvalue weighted by atomic mass is 10.2. The Morgan fingerprint density at radius 1 is 1.30 bits per heavy atom. The number of halogens is 1. The number of aromatic hydroxyl groups is 1. The lowest BCUT2D eigenvalue weighted by molar-refractivity contribution is 0.474. The largest absolute Gasteiger partial charge is 0.507 e. The van der Waals surface area contributed by atoms with Crippen LogP contribution >= 0.6 is 28.1 Å². The van der Waals surface area contributed by atoms with Gasteiger partial charge in [-0.1, -0.05) is 15.9 Å².